The number of carbonyl (C=O) groups is 2. The van der Waals surface area contributed by atoms with Gasteiger partial charge >= 0.3 is 11.9 Å². The van der Waals surface area contributed by atoms with E-state index in [9.17, 15) is 32.9 Å². The average Bonchev–Trinajstić information content (AvgIpc) is 3.27. The van der Waals surface area contributed by atoms with Crippen molar-refractivity contribution in [2.75, 3.05) is 12.0 Å². The van der Waals surface area contributed by atoms with Gasteiger partial charge in [0.05, 0.1) is 23.3 Å². The SMILES string of the molecule is COc1ccc(N2C(=O)/C(=C\c3cc(C)n(-c4ccc(Oc5ccc(C(F)(F)F)cc5[N+](=O)[O-])cc4)c3C)C(=O)NC2=S)cc1. The number of carbonyl (C=O) groups excluding carboxylic acids is 2. The highest BCUT2D eigenvalue weighted by Gasteiger charge is 2.35. The zero-order valence-electron chi connectivity index (χ0n) is 23.8. The topological polar surface area (TPSA) is 116 Å². The molecule has 2 heterocycles. The molecule has 5 rings (SSSR count). The number of hydrogen-bond donors (Lipinski definition) is 1. The van der Waals surface area contributed by atoms with Crippen LogP contribution < -0.4 is 19.7 Å². The zero-order chi connectivity index (χ0) is 32.6. The minimum atomic E-state index is -4.75. The van der Waals surface area contributed by atoms with Gasteiger partial charge in [0, 0.05) is 23.1 Å². The molecule has 10 nitrogen and oxygen atoms in total. The number of amides is 2. The van der Waals surface area contributed by atoms with Crippen molar-refractivity contribution in [3.05, 3.63) is 111 Å². The van der Waals surface area contributed by atoms with Crippen molar-refractivity contribution >= 4 is 46.6 Å². The summed E-state index contributed by atoms with van der Waals surface area (Å²) < 4.78 is 51.7. The van der Waals surface area contributed by atoms with Crippen molar-refractivity contribution in [1.29, 1.82) is 0 Å². The number of hydrogen-bond acceptors (Lipinski definition) is 7. The molecule has 0 spiro atoms. The lowest BCUT2D eigenvalue weighted by atomic mass is 10.1. The first-order valence-electron chi connectivity index (χ1n) is 13.2. The first-order chi connectivity index (χ1) is 21.3. The van der Waals surface area contributed by atoms with Gasteiger partial charge in [0.2, 0.25) is 5.75 Å². The van der Waals surface area contributed by atoms with E-state index in [1.807, 2.05) is 11.5 Å². The Bertz CT molecular complexity index is 1880. The number of rotatable bonds is 7. The number of alkyl halides is 3. The van der Waals surface area contributed by atoms with Gasteiger partial charge < -0.3 is 14.0 Å². The van der Waals surface area contributed by atoms with Gasteiger partial charge in [-0.15, -0.1) is 0 Å². The standard InChI is InChI=1S/C31H23F3N4O6S/c1-17-14-19(15-25-28(39)35-30(45)37(29(25)40)22-5-9-23(43-3)10-6-22)18(2)36(17)21-7-11-24(12-8-21)44-27-13-4-20(31(32,33)34)16-26(27)38(41)42/h4-16H,1-3H3,(H,35,39,45)/b25-15-. The molecule has 4 aromatic rings. The Kier molecular flexibility index (Phi) is 8.17. The molecule has 1 saturated heterocycles. The summed E-state index contributed by atoms with van der Waals surface area (Å²) in [5, 5.41) is 13.9. The Morgan fingerprint density at radius 3 is 2.16 bits per heavy atom. The van der Waals surface area contributed by atoms with Gasteiger partial charge in [-0.05, 0) is 104 Å². The Hall–Kier alpha value is -5.50. The lowest BCUT2D eigenvalue weighted by Crippen LogP contribution is -2.54. The van der Waals surface area contributed by atoms with Crippen LogP contribution in [-0.4, -0.2) is 33.5 Å². The van der Waals surface area contributed by atoms with E-state index >= 15 is 0 Å². The molecule has 45 heavy (non-hydrogen) atoms. The smallest absolute Gasteiger partial charge is 0.416 e. The molecule has 0 unspecified atom stereocenters. The third-order valence-corrected chi connectivity index (χ3v) is 7.29. The second kappa shape index (κ2) is 11.9. The molecule has 1 fully saturated rings. The minimum Gasteiger partial charge on any atom is -0.497 e. The number of benzene rings is 3. The first kappa shape index (κ1) is 30.9. The summed E-state index contributed by atoms with van der Waals surface area (Å²) in [7, 11) is 1.52. The van der Waals surface area contributed by atoms with Gasteiger partial charge in [-0.1, -0.05) is 0 Å². The summed E-state index contributed by atoms with van der Waals surface area (Å²) in [6, 6.07) is 16.8. The van der Waals surface area contributed by atoms with Crippen LogP contribution in [0.3, 0.4) is 0 Å². The van der Waals surface area contributed by atoms with Crippen molar-refractivity contribution in [3.8, 4) is 22.9 Å². The third-order valence-electron chi connectivity index (χ3n) is 7.01. The van der Waals surface area contributed by atoms with Gasteiger partial charge in [-0.2, -0.15) is 13.2 Å². The fourth-order valence-corrected chi connectivity index (χ4v) is 5.10. The van der Waals surface area contributed by atoms with Crippen LogP contribution in [0.4, 0.5) is 24.5 Å². The molecular formula is C31H23F3N4O6S. The van der Waals surface area contributed by atoms with E-state index in [-0.39, 0.29) is 22.2 Å². The summed E-state index contributed by atoms with van der Waals surface area (Å²) in [4.78, 5) is 38.0. The van der Waals surface area contributed by atoms with Crippen molar-refractivity contribution in [2.45, 2.75) is 20.0 Å². The van der Waals surface area contributed by atoms with E-state index in [2.05, 4.69) is 5.32 Å². The summed E-state index contributed by atoms with van der Waals surface area (Å²) >= 11 is 5.27. The van der Waals surface area contributed by atoms with Crippen LogP contribution in [-0.2, 0) is 15.8 Å². The Morgan fingerprint density at radius 1 is 0.933 bits per heavy atom. The molecule has 1 N–H and O–H groups in total. The third kappa shape index (κ3) is 6.13. The monoisotopic (exact) mass is 636 g/mol. The van der Waals surface area contributed by atoms with Crippen LogP contribution in [0.25, 0.3) is 11.8 Å². The maximum Gasteiger partial charge on any atom is 0.416 e. The number of thiocarbonyl (C=S) groups is 1. The number of aromatic nitrogens is 1. The molecule has 0 radical (unpaired) electrons. The van der Waals surface area contributed by atoms with Gasteiger partial charge in [0.15, 0.2) is 5.11 Å². The number of aryl methyl sites for hydroxylation is 1. The fourth-order valence-electron chi connectivity index (χ4n) is 4.82. The number of anilines is 1. The van der Waals surface area contributed by atoms with Crippen molar-refractivity contribution in [2.24, 2.45) is 0 Å². The normalized spacial score (nSPS) is 14.5. The lowest BCUT2D eigenvalue weighted by molar-refractivity contribution is -0.385. The fraction of sp³-hybridized carbons (Fsp3) is 0.129. The van der Waals surface area contributed by atoms with E-state index in [1.54, 1.807) is 49.4 Å². The molecule has 14 heteroatoms. The molecule has 0 aliphatic carbocycles. The second-order valence-corrected chi connectivity index (χ2v) is 10.2. The van der Waals surface area contributed by atoms with Gasteiger partial charge in [0.25, 0.3) is 11.8 Å². The highest BCUT2D eigenvalue weighted by atomic mass is 32.1. The highest BCUT2D eigenvalue weighted by molar-refractivity contribution is 7.80. The van der Waals surface area contributed by atoms with Gasteiger partial charge in [-0.3, -0.25) is 29.9 Å². The summed E-state index contributed by atoms with van der Waals surface area (Å²) in [6.45, 7) is 3.62. The zero-order valence-corrected chi connectivity index (χ0v) is 24.7. The molecule has 2 amide bonds. The number of nitrogens with one attached hydrogen (secondary N) is 1. The number of nitro groups is 1. The quantitative estimate of drug-likeness (QED) is 0.0794. The Labute approximate surface area is 259 Å². The molecule has 0 saturated carbocycles. The van der Waals surface area contributed by atoms with Crippen LogP contribution >= 0.6 is 12.2 Å². The molecule has 1 aliphatic rings. The molecule has 0 atom stereocenters. The molecule has 1 aliphatic heterocycles. The van der Waals surface area contributed by atoms with Crippen LogP contribution in [0.1, 0.15) is 22.5 Å². The van der Waals surface area contributed by atoms with E-state index < -0.39 is 34.2 Å². The lowest BCUT2D eigenvalue weighted by Gasteiger charge is -2.29. The predicted octanol–water partition coefficient (Wildman–Crippen LogP) is 6.65. The maximum atomic E-state index is 13.5. The molecule has 3 aromatic carbocycles. The van der Waals surface area contributed by atoms with Gasteiger partial charge in [0.1, 0.15) is 17.1 Å². The van der Waals surface area contributed by atoms with Crippen LogP contribution in [0.2, 0.25) is 0 Å². The van der Waals surface area contributed by atoms with E-state index in [4.69, 9.17) is 21.7 Å². The van der Waals surface area contributed by atoms with Crippen molar-refractivity contribution < 1.29 is 37.2 Å². The maximum absolute atomic E-state index is 13.5. The molecule has 230 valence electrons. The molecular weight excluding hydrogens is 613 g/mol. The number of ether oxygens (including phenoxy) is 2. The van der Waals surface area contributed by atoms with Crippen LogP contribution in [0.5, 0.6) is 17.2 Å². The van der Waals surface area contributed by atoms with Crippen LogP contribution in [0, 0.1) is 24.0 Å². The molecule has 0 bridgehead atoms. The predicted molar refractivity (Wildman–Crippen MR) is 163 cm³/mol. The second-order valence-electron chi connectivity index (χ2n) is 9.85. The summed E-state index contributed by atoms with van der Waals surface area (Å²) in [6.07, 6.45) is -3.26. The van der Waals surface area contributed by atoms with Crippen molar-refractivity contribution in [3.63, 3.8) is 0 Å². The van der Waals surface area contributed by atoms with E-state index in [1.165, 1.54) is 30.2 Å². The highest BCUT2D eigenvalue weighted by Crippen LogP contribution is 2.38. The Balaban J connectivity index is 1.42. The van der Waals surface area contributed by atoms with E-state index in [0.29, 0.717) is 40.5 Å². The van der Waals surface area contributed by atoms with E-state index in [0.717, 1.165) is 11.8 Å². The number of methoxy groups -OCH3 is 1. The Morgan fingerprint density at radius 2 is 1.56 bits per heavy atom. The largest absolute Gasteiger partial charge is 0.497 e. The summed E-state index contributed by atoms with van der Waals surface area (Å²) in [5.41, 5.74) is 1.04. The van der Waals surface area contributed by atoms with Crippen molar-refractivity contribution in [1.82, 2.24) is 9.88 Å². The average molecular weight is 637 g/mol. The number of halogens is 3. The first-order valence-corrected chi connectivity index (χ1v) is 13.6. The number of nitrogens with zero attached hydrogens (tertiary/aromatic N) is 3. The number of nitro benzene ring substituents is 1. The van der Waals surface area contributed by atoms with Crippen LogP contribution in [0.15, 0.2) is 78.4 Å². The van der Waals surface area contributed by atoms with Gasteiger partial charge in [-0.25, -0.2) is 0 Å². The summed E-state index contributed by atoms with van der Waals surface area (Å²) in [5.74, 6) is -0.843. The minimum absolute atomic E-state index is 0.0540. The molecule has 1 aromatic heterocycles.